The van der Waals surface area contributed by atoms with Crippen LogP contribution in [0.2, 0.25) is 0 Å². The van der Waals surface area contributed by atoms with Crippen LogP contribution in [0.5, 0.6) is 0 Å². The minimum atomic E-state index is -0.482. The second-order valence-corrected chi connectivity index (χ2v) is 3.74. The van der Waals surface area contributed by atoms with E-state index in [4.69, 9.17) is 4.74 Å². The average Bonchev–Trinajstić information content (AvgIpc) is 2.94. The third-order valence-corrected chi connectivity index (χ3v) is 2.92. The molecule has 0 aromatic rings. The van der Waals surface area contributed by atoms with Crippen LogP contribution in [-0.4, -0.2) is 18.2 Å². The van der Waals surface area contributed by atoms with Gasteiger partial charge in [0.2, 0.25) is 5.72 Å². The molecule has 1 saturated heterocycles. The van der Waals surface area contributed by atoms with Crippen molar-refractivity contribution >= 4 is 5.91 Å². The zero-order chi connectivity index (χ0) is 8.89. The van der Waals surface area contributed by atoms with Gasteiger partial charge in [-0.2, -0.15) is 0 Å². The lowest BCUT2D eigenvalue weighted by molar-refractivity contribution is -0.115. The number of carbonyl (C=O) groups is 1. The molecule has 4 nitrogen and oxygen atoms in total. The molecule has 0 bridgehead atoms. The molecular formula is C9H10N2O2. The number of amides is 1. The SMILES string of the molecule is O=C1N=NC2(CO2)C2=C1CCCC2. The lowest BCUT2D eigenvalue weighted by Crippen LogP contribution is -2.23. The molecule has 1 fully saturated rings. The van der Waals surface area contributed by atoms with Crippen molar-refractivity contribution in [2.24, 2.45) is 10.2 Å². The van der Waals surface area contributed by atoms with Crippen molar-refractivity contribution in [3.63, 3.8) is 0 Å². The zero-order valence-corrected chi connectivity index (χ0v) is 7.25. The van der Waals surface area contributed by atoms with Crippen molar-refractivity contribution in [3.05, 3.63) is 11.1 Å². The molecule has 0 saturated carbocycles. The fourth-order valence-electron chi connectivity index (χ4n) is 2.12. The summed E-state index contributed by atoms with van der Waals surface area (Å²) in [7, 11) is 0. The predicted octanol–water partition coefficient (Wildman–Crippen LogP) is 1.58. The van der Waals surface area contributed by atoms with Gasteiger partial charge in [0.25, 0.3) is 5.91 Å². The number of azo groups is 1. The van der Waals surface area contributed by atoms with Crippen LogP contribution in [0.3, 0.4) is 0 Å². The van der Waals surface area contributed by atoms with Gasteiger partial charge in [0.15, 0.2) is 0 Å². The van der Waals surface area contributed by atoms with E-state index in [1.54, 1.807) is 0 Å². The third kappa shape index (κ3) is 0.920. The van der Waals surface area contributed by atoms with Crippen molar-refractivity contribution in [1.29, 1.82) is 0 Å². The molecule has 3 aliphatic rings. The molecular weight excluding hydrogens is 168 g/mol. The predicted molar refractivity (Wildman–Crippen MR) is 44.0 cm³/mol. The Hall–Kier alpha value is -1.03. The maximum atomic E-state index is 11.4. The minimum Gasteiger partial charge on any atom is -0.341 e. The van der Waals surface area contributed by atoms with E-state index in [1.165, 1.54) is 0 Å². The third-order valence-electron chi connectivity index (χ3n) is 2.92. The largest absolute Gasteiger partial charge is 0.341 e. The lowest BCUT2D eigenvalue weighted by atomic mass is 9.86. The Kier molecular flexibility index (Phi) is 1.28. The number of carbonyl (C=O) groups excluding carboxylic acids is 1. The Morgan fingerprint density at radius 1 is 1.31 bits per heavy atom. The van der Waals surface area contributed by atoms with Gasteiger partial charge >= 0.3 is 0 Å². The summed E-state index contributed by atoms with van der Waals surface area (Å²) in [6.45, 7) is 0.614. The van der Waals surface area contributed by atoms with E-state index in [0.29, 0.717) is 6.61 Å². The van der Waals surface area contributed by atoms with Gasteiger partial charge in [0.1, 0.15) is 6.61 Å². The molecule has 0 aromatic heterocycles. The Bertz CT molecular complexity index is 340. The molecule has 1 atom stereocenters. The highest BCUT2D eigenvalue weighted by atomic mass is 16.6. The number of hydrogen-bond donors (Lipinski definition) is 0. The van der Waals surface area contributed by atoms with E-state index < -0.39 is 5.72 Å². The Morgan fingerprint density at radius 2 is 2.08 bits per heavy atom. The molecule has 0 radical (unpaired) electrons. The standard InChI is InChI=1S/C9H10N2O2/c12-8-6-3-1-2-4-7(6)9(5-13-9)11-10-8/h1-5H2. The molecule has 1 unspecified atom stereocenters. The Morgan fingerprint density at radius 3 is 2.85 bits per heavy atom. The summed E-state index contributed by atoms with van der Waals surface area (Å²) in [4.78, 5) is 11.4. The number of rotatable bonds is 0. The second kappa shape index (κ2) is 2.26. The molecule has 0 aromatic carbocycles. The second-order valence-electron chi connectivity index (χ2n) is 3.74. The van der Waals surface area contributed by atoms with Crippen LogP contribution < -0.4 is 0 Å². The van der Waals surface area contributed by atoms with E-state index in [1.807, 2.05) is 0 Å². The molecule has 1 amide bonds. The highest BCUT2D eigenvalue weighted by Gasteiger charge is 2.53. The normalized spacial score (nSPS) is 36.8. The molecule has 2 aliphatic heterocycles. The molecule has 4 heteroatoms. The van der Waals surface area contributed by atoms with Crippen LogP contribution in [0.15, 0.2) is 21.4 Å². The first-order chi connectivity index (χ1) is 6.32. The van der Waals surface area contributed by atoms with Gasteiger partial charge in [-0.1, -0.05) is 0 Å². The summed E-state index contributed by atoms with van der Waals surface area (Å²) >= 11 is 0. The van der Waals surface area contributed by atoms with Crippen molar-refractivity contribution in [2.75, 3.05) is 6.61 Å². The Balaban J connectivity index is 2.08. The molecule has 13 heavy (non-hydrogen) atoms. The fraction of sp³-hybridized carbons (Fsp3) is 0.667. The number of fused-ring (bicyclic) bond motifs is 1. The first kappa shape index (κ1) is 7.38. The molecule has 2 heterocycles. The zero-order valence-electron chi connectivity index (χ0n) is 7.25. The molecule has 0 N–H and O–H groups in total. The summed E-state index contributed by atoms with van der Waals surface area (Å²) in [6, 6.07) is 0. The fourth-order valence-corrected chi connectivity index (χ4v) is 2.12. The highest BCUT2D eigenvalue weighted by Crippen LogP contribution is 2.46. The first-order valence-corrected chi connectivity index (χ1v) is 4.65. The van der Waals surface area contributed by atoms with Crippen LogP contribution >= 0.6 is 0 Å². The topological polar surface area (TPSA) is 54.3 Å². The van der Waals surface area contributed by atoms with Gasteiger partial charge in [0, 0.05) is 5.57 Å². The quantitative estimate of drug-likeness (QED) is 0.529. The summed E-state index contributed by atoms with van der Waals surface area (Å²) in [5.74, 6) is -0.143. The smallest absolute Gasteiger partial charge is 0.291 e. The van der Waals surface area contributed by atoms with Crippen molar-refractivity contribution in [3.8, 4) is 0 Å². The summed E-state index contributed by atoms with van der Waals surface area (Å²) in [5.41, 5.74) is 1.50. The number of hydrogen-bond acceptors (Lipinski definition) is 3. The molecule has 1 spiro atoms. The first-order valence-electron chi connectivity index (χ1n) is 4.65. The van der Waals surface area contributed by atoms with Crippen LogP contribution in [0, 0.1) is 0 Å². The van der Waals surface area contributed by atoms with E-state index in [2.05, 4.69) is 10.2 Å². The number of nitrogens with zero attached hydrogens (tertiary/aromatic N) is 2. The van der Waals surface area contributed by atoms with Crippen LogP contribution in [0.25, 0.3) is 0 Å². The highest BCUT2D eigenvalue weighted by molar-refractivity contribution is 5.96. The molecule has 68 valence electrons. The van der Waals surface area contributed by atoms with Gasteiger partial charge in [-0.05, 0) is 31.3 Å². The number of ether oxygens (including phenoxy) is 1. The van der Waals surface area contributed by atoms with Gasteiger partial charge in [0.05, 0.1) is 0 Å². The van der Waals surface area contributed by atoms with Crippen LogP contribution in [0.1, 0.15) is 25.7 Å². The van der Waals surface area contributed by atoms with Crippen LogP contribution in [-0.2, 0) is 9.53 Å². The van der Waals surface area contributed by atoms with E-state index in [-0.39, 0.29) is 5.91 Å². The summed E-state index contributed by atoms with van der Waals surface area (Å²) in [6.07, 6.45) is 4.06. The van der Waals surface area contributed by atoms with Gasteiger partial charge in [-0.15, -0.1) is 10.2 Å². The summed E-state index contributed by atoms with van der Waals surface area (Å²) < 4.78 is 5.28. The van der Waals surface area contributed by atoms with Gasteiger partial charge < -0.3 is 4.74 Å². The average molecular weight is 178 g/mol. The summed E-state index contributed by atoms with van der Waals surface area (Å²) in [5, 5.41) is 7.57. The minimum absolute atomic E-state index is 0.143. The lowest BCUT2D eigenvalue weighted by Gasteiger charge is -2.22. The van der Waals surface area contributed by atoms with Crippen molar-refractivity contribution in [2.45, 2.75) is 31.4 Å². The maximum Gasteiger partial charge on any atom is 0.291 e. The van der Waals surface area contributed by atoms with E-state index in [0.717, 1.165) is 36.8 Å². The molecule has 1 aliphatic carbocycles. The van der Waals surface area contributed by atoms with Crippen LogP contribution in [0.4, 0.5) is 0 Å². The number of epoxide rings is 1. The van der Waals surface area contributed by atoms with Gasteiger partial charge in [-0.25, -0.2) is 0 Å². The molecule has 3 rings (SSSR count). The van der Waals surface area contributed by atoms with E-state index >= 15 is 0 Å². The Labute approximate surface area is 75.7 Å². The van der Waals surface area contributed by atoms with Crippen molar-refractivity contribution < 1.29 is 9.53 Å². The maximum absolute atomic E-state index is 11.4. The van der Waals surface area contributed by atoms with Gasteiger partial charge in [-0.3, -0.25) is 4.79 Å². The monoisotopic (exact) mass is 178 g/mol. The van der Waals surface area contributed by atoms with Crippen molar-refractivity contribution in [1.82, 2.24) is 0 Å². The van der Waals surface area contributed by atoms with E-state index in [9.17, 15) is 4.79 Å².